The first-order valence-corrected chi connectivity index (χ1v) is 9.89. The zero-order valence-electron chi connectivity index (χ0n) is 14.8. The van der Waals surface area contributed by atoms with Crippen molar-refractivity contribution in [3.05, 3.63) is 41.3 Å². The van der Waals surface area contributed by atoms with Gasteiger partial charge in [-0.05, 0) is 55.1 Å². The van der Waals surface area contributed by atoms with Crippen LogP contribution in [-0.4, -0.2) is 42.4 Å². The number of carbonyl (C=O) groups is 2. The molecular formula is C20H23N3O2S. The quantitative estimate of drug-likeness (QED) is 0.870. The number of hydrogen-bond donors (Lipinski definition) is 2. The number of amides is 2. The Bertz CT molecular complexity index is 803. The van der Waals surface area contributed by atoms with Crippen molar-refractivity contribution in [3.8, 4) is 10.4 Å². The average molecular weight is 369 g/mol. The molecule has 136 valence electrons. The molecule has 0 aliphatic carbocycles. The Kier molecular flexibility index (Phi) is 4.78. The third kappa shape index (κ3) is 3.81. The van der Waals surface area contributed by atoms with Gasteiger partial charge in [0.25, 0.3) is 5.91 Å². The normalized spacial score (nSPS) is 24.3. The number of fused-ring (bicyclic) bond motifs is 2. The summed E-state index contributed by atoms with van der Waals surface area (Å²) < 4.78 is 0. The monoisotopic (exact) mass is 369 g/mol. The van der Waals surface area contributed by atoms with Crippen LogP contribution in [0.2, 0.25) is 0 Å². The van der Waals surface area contributed by atoms with Gasteiger partial charge < -0.3 is 15.5 Å². The summed E-state index contributed by atoms with van der Waals surface area (Å²) in [6, 6.07) is 11.8. The van der Waals surface area contributed by atoms with Gasteiger partial charge in [0, 0.05) is 36.6 Å². The highest BCUT2D eigenvalue weighted by Crippen LogP contribution is 2.30. The fraction of sp³-hybridized carbons (Fsp3) is 0.400. The maximum Gasteiger partial charge on any atom is 0.261 e. The summed E-state index contributed by atoms with van der Waals surface area (Å²) in [4.78, 5) is 28.0. The van der Waals surface area contributed by atoms with Crippen LogP contribution in [0, 0.1) is 5.92 Å². The number of benzene rings is 1. The molecule has 1 aromatic carbocycles. The Hall–Kier alpha value is -2.18. The van der Waals surface area contributed by atoms with Crippen LogP contribution in [-0.2, 0) is 4.79 Å². The highest BCUT2D eigenvalue weighted by molar-refractivity contribution is 7.17. The second-order valence-corrected chi connectivity index (χ2v) is 8.33. The molecule has 1 aromatic heterocycles. The Morgan fingerprint density at radius 2 is 1.92 bits per heavy atom. The zero-order valence-corrected chi connectivity index (χ0v) is 15.6. The fourth-order valence-corrected chi connectivity index (χ4v) is 4.87. The van der Waals surface area contributed by atoms with E-state index in [1.54, 1.807) is 0 Å². The molecule has 2 aliphatic heterocycles. The number of thiophene rings is 1. The van der Waals surface area contributed by atoms with Crippen molar-refractivity contribution in [2.75, 3.05) is 25.0 Å². The SMILES string of the molecule is CC(=O)Nc1ccc(-c2ccc(C(=O)NC3CC4CCN(C4)C3)s2)cc1. The van der Waals surface area contributed by atoms with Crippen molar-refractivity contribution in [2.45, 2.75) is 25.8 Å². The van der Waals surface area contributed by atoms with Gasteiger partial charge >= 0.3 is 0 Å². The lowest BCUT2D eigenvalue weighted by molar-refractivity contribution is -0.114. The summed E-state index contributed by atoms with van der Waals surface area (Å²) >= 11 is 1.51. The van der Waals surface area contributed by atoms with Gasteiger partial charge in [-0.3, -0.25) is 9.59 Å². The average Bonchev–Trinajstić information content (AvgIpc) is 3.22. The van der Waals surface area contributed by atoms with Crippen LogP contribution in [0.5, 0.6) is 0 Å². The highest BCUT2D eigenvalue weighted by atomic mass is 32.1. The lowest BCUT2D eigenvalue weighted by Crippen LogP contribution is -2.46. The van der Waals surface area contributed by atoms with Crippen molar-refractivity contribution in [2.24, 2.45) is 5.92 Å². The first-order valence-electron chi connectivity index (χ1n) is 9.08. The molecule has 2 aliphatic rings. The van der Waals surface area contributed by atoms with Gasteiger partial charge in [0.15, 0.2) is 0 Å². The molecule has 0 radical (unpaired) electrons. The van der Waals surface area contributed by atoms with Crippen molar-refractivity contribution in [1.29, 1.82) is 0 Å². The second kappa shape index (κ2) is 7.21. The van der Waals surface area contributed by atoms with Gasteiger partial charge in [-0.15, -0.1) is 11.3 Å². The topological polar surface area (TPSA) is 61.4 Å². The van der Waals surface area contributed by atoms with Gasteiger partial charge in [-0.1, -0.05) is 12.1 Å². The van der Waals surface area contributed by atoms with E-state index in [0.29, 0.717) is 0 Å². The molecule has 5 nitrogen and oxygen atoms in total. The Morgan fingerprint density at radius 1 is 1.12 bits per heavy atom. The van der Waals surface area contributed by atoms with Crippen LogP contribution in [0.25, 0.3) is 10.4 Å². The summed E-state index contributed by atoms with van der Waals surface area (Å²) in [6.07, 6.45) is 2.37. The summed E-state index contributed by atoms with van der Waals surface area (Å²) in [7, 11) is 0. The lowest BCUT2D eigenvalue weighted by Gasteiger charge is -2.30. The predicted molar refractivity (Wildman–Crippen MR) is 104 cm³/mol. The van der Waals surface area contributed by atoms with E-state index in [-0.39, 0.29) is 17.9 Å². The van der Waals surface area contributed by atoms with Crippen LogP contribution in [0.1, 0.15) is 29.4 Å². The molecule has 3 heterocycles. The van der Waals surface area contributed by atoms with E-state index in [2.05, 4.69) is 15.5 Å². The van der Waals surface area contributed by atoms with Crippen LogP contribution in [0.3, 0.4) is 0 Å². The molecule has 3 atom stereocenters. The van der Waals surface area contributed by atoms with Crippen molar-refractivity contribution in [3.63, 3.8) is 0 Å². The maximum absolute atomic E-state index is 12.6. The lowest BCUT2D eigenvalue weighted by atomic mass is 9.97. The standard InChI is InChI=1S/C20H23N3O2S/c1-13(24)21-16-4-2-15(3-5-16)18-6-7-19(26-18)20(25)22-17-10-14-8-9-23(11-14)12-17/h2-7,14,17H,8-12H2,1H3,(H,21,24)(H,22,25). The summed E-state index contributed by atoms with van der Waals surface area (Å²) in [5, 5.41) is 5.97. The second-order valence-electron chi connectivity index (χ2n) is 7.24. The molecule has 3 unspecified atom stereocenters. The summed E-state index contributed by atoms with van der Waals surface area (Å²) in [6.45, 7) is 4.84. The number of rotatable bonds is 4. The Morgan fingerprint density at radius 3 is 2.65 bits per heavy atom. The number of hydrogen-bond acceptors (Lipinski definition) is 4. The van der Waals surface area contributed by atoms with Gasteiger partial charge in [0.2, 0.25) is 5.91 Å². The smallest absolute Gasteiger partial charge is 0.261 e. The molecule has 26 heavy (non-hydrogen) atoms. The van der Waals surface area contributed by atoms with Crippen LogP contribution in [0.4, 0.5) is 5.69 Å². The van der Waals surface area contributed by atoms with Crippen molar-refractivity contribution in [1.82, 2.24) is 10.2 Å². The third-order valence-electron chi connectivity index (χ3n) is 5.12. The maximum atomic E-state index is 12.6. The van der Waals surface area contributed by atoms with Gasteiger partial charge in [0.1, 0.15) is 0 Å². The van der Waals surface area contributed by atoms with E-state index in [0.717, 1.165) is 39.9 Å². The van der Waals surface area contributed by atoms with Crippen LogP contribution >= 0.6 is 11.3 Å². The molecule has 2 aromatic rings. The van der Waals surface area contributed by atoms with Crippen molar-refractivity contribution < 1.29 is 9.59 Å². The molecule has 2 bridgehead atoms. The van der Waals surface area contributed by atoms with Crippen LogP contribution < -0.4 is 10.6 Å². The molecule has 4 rings (SSSR count). The minimum Gasteiger partial charge on any atom is -0.347 e. The number of nitrogens with one attached hydrogen (secondary N) is 2. The van der Waals surface area contributed by atoms with Gasteiger partial charge in [-0.2, -0.15) is 0 Å². The first kappa shape index (κ1) is 17.2. The zero-order chi connectivity index (χ0) is 18.1. The molecule has 0 saturated carbocycles. The molecule has 6 heteroatoms. The third-order valence-corrected chi connectivity index (χ3v) is 6.25. The number of nitrogens with zero attached hydrogens (tertiary/aromatic N) is 1. The number of carbonyl (C=O) groups excluding carboxylic acids is 2. The molecule has 2 fully saturated rings. The van der Waals surface area contributed by atoms with Gasteiger partial charge in [-0.25, -0.2) is 0 Å². The van der Waals surface area contributed by atoms with E-state index in [4.69, 9.17) is 0 Å². The minimum absolute atomic E-state index is 0.0311. The first-order chi connectivity index (χ1) is 12.6. The summed E-state index contributed by atoms with van der Waals surface area (Å²) in [5.74, 6) is 0.694. The highest BCUT2D eigenvalue weighted by Gasteiger charge is 2.33. The summed E-state index contributed by atoms with van der Waals surface area (Å²) in [5.41, 5.74) is 1.82. The van der Waals surface area contributed by atoms with Crippen molar-refractivity contribution >= 4 is 28.8 Å². The number of piperidine rings is 1. The number of anilines is 1. The molecule has 2 N–H and O–H groups in total. The minimum atomic E-state index is -0.0830. The van der Waals surface area contributed by atoms with E-state index in [9.17, 15) is 9.59 Å². The predicted octanol–water partition coefficient (Wildman–Crippen LogP) is 3.20. The molecule has 2 amide bonds. The molecule has 0 spiro atoms. The van der Waals surface area contributed by atoms with E-state index in [1.807, 2.05) is 36.4 Å². The van der Waals surface area contributed by atoms with E-state index in [1.165, 1.54) is 37.8 Å². The molecule has 2 saturated heterocycles. The van der Waals surface area contributed by atoms with Gasteiger partial charge in [0.05, 0.1) is 4.88 Å². The fourth-order valence-electron chi connectivity index (χ4n) is 3.96. The Balaban J connectivity index is 1.40. The van der Waals surface area contributed by atoms with E-state index < -0.39 is 0 Å². The van der Waals surface area contributed by atoms with E-state index >= 15 is 0 Å². The largest absolute Gasteiger partial charge is 0.347 e. The van der Waals surface area contributed by atoms with Crippen LogP contribution in [0.15, 0.2) is 36.4 Å². The molecular weight excluding hydrogens is 346 g/mol. The Labute approximate surface area is 157 Å².